The number of ether oxygens (including phenoxy) is 1. The van der Waals surface area contributed by atoms with Crippen LogP contribution in [0.2, 0.25) is 0 Å². The van der Waals surface area contributed by atoms with Gasteiger partial charge in [-0.3, -0.25) is 4.90 Å². The summed E-state index contributed by atoms with van der Waals surface area (Å²) in [6.45, 7) is 11.4. The summed E-state index contributed by atoms with van der Waals surface area (Å²) in [7, 11) is 2.14. The number of rotatable bonds is 4. The normalized spacial score (nSPS) is 33.9. The Balaban J connectivity index is 2.05. The summed E-state index contributed by atoms with van der Waals surface area (Å²) in [6.07, 6.45) is 6.54. The van der Waals surface area contributed by atoms with E-state index in [0.717, 1.165) is 25.7 Å². The first kappa shape index (κ1) is 16.3. The standard InChI is InChI=1S/C17H34N2O/c1-5-17(2,3)14-7-8-15(18-4)16(13-14)19-9-6-11-20-12-10-19/h14-16,18H,5-13H2,1-4H3. The van der Waals surface area contributed by atoms with Gasteiger partial charge in [-0.2, -0.15) is 0 Å². The lowest BCUT2D eigenvalue weighted by molar-refractivity contribution is 0.0491. The van der Waals surface area contributed by atoms with Crippen LogP contribution in [0.3, 0.4) is 0 Å². The average Bonchev–Trinajstić information content (AvgIpc) is 2.75. The Morgan fingerprint density at radius 3 is 2.70 bits per heavy atom. The molecule has 3 nitrogen and oxygen atoms in total. The molecular formula is C17H34N2O. The van der Waals surface area contributed by atoms with Crippen LogP contribution in [0, 0.1) is 11.3 Å². The molecule has 2 fully saturated rings. The molecule has 1 aliphatic carbocycles. The second-order valence-corrected chi connectivity index (χ2v) is 7.32. The van der Waals surface area contributed by atoms with Gasteiger partial charge in [0.1, 0.15) is 0 Å². The Morgan fingerprint density at radius 1 is 1.20 bits per heavy atom. The van der Waals surface area contributed by atoms with E-state index in [1.807, 2.05) is 0 Å². The molecule has 0 bridgehead atoms. The molecule has 0 aromatic rings. The van der Waals surface area contributed by atoms with Gasteiger partial charge in [-0.05, 0) is 44.1 Å². The van der Waals surface area contributed by atoms with Gasteiger partial charge in [0.05, 0.1) is 6.61 Å². The van der Waals surface area contributed by atoms with Gasteiger partial charge in [0.15, 0.2) is 0 Å². The molecule has 2 aliphatic rings. The number of nitrogens with one attached hydrogen (secondary N) is 1. The molecule has 1 saturated carbocycles. The third-order valence-corrected chi connectivity index (χ3v) is 5.93. The molecule has 3 unspecified atom stereocenters. The van der Waals surface area contributed by atoms with Crippen LogP contribution in [0.1, 0.15) is 52.9 Å². The van der Waals surface area contributed by atoms with Crippen molar-refractivity contribution in [1.29, 1.82) is 0 Å². The van der Waals surface area contributed by atoms with E-state index in [1.54, 1.807) is 0 Å². The molecule has 3 atom stereocenters. The lowest BCUT2D eigenvalue weighted by Crippen LogP contribution is -2.54. The molecule has 0 aromatic heterocycles. The maximum Gasteiger partial charge on any atom is 0.0593 e. The third-order valence-electron chi connectivity index (χ3n) is 5.93. The van der Waals surface area contributed by atoms with E-state index < -0.39 is 0 Å². The fourth-order valence-electron chi connectivity index (χ4n) is 3.98. The van der Waals surface area contributed by atoms with Crippen molar-refractivity contribution in [3.63, 3.8) is 0 Å². The van der Waals surface area contributed by atoms with Gasteiger partial charge >= 0.3 is 0 Å². The maximum atomic E-state index is 5.64. The van der Waals surface area contributed by atoms with Gasteiger partial charge < -0.3 is 10.1 Å². The van der Waals surface area contributed by atoms with E-state index in [1.165, 1.54) is 38.6 Å². The van der Waals surface area contributed by atoms with E-state index in [0.29, 0.717) is 17.5 Å². The molecule has 1 N–H and O–H groups in total. The lowest BCUT2D eigenvalue weighted by Gasteiger charge is -2.46. The summed E-state index contributed by atoms with van der Waals surface area (Å²) in [5.41, 5.74) is 0.485. The largest absolute Gasteiger partial charge is 0.380 e. The van der Waals surface area contributed by atoms with Crippen LogP contribution in [0.15, 0.2) is 0 Å². The van der Waals surface area contributed by atoms with Crippen molar-refractivity contribution in [2.75, 3.05) is 33.4 Å². The van der Waals surface area contributed by atoms with Crippen LogP contribution in [0.5, 0.6) is 0 Å². The summed E-state index contributed by atoms with van der Waals surface area (Å²) in [5, 5.41) is 3.58. The first-order valence-electron chi connectivity index (χ1n) is 8.57. The van der Waals surface area contributed by atoms with Crippen LogP contribution >= 0.6 is 0 Å². The molecule has 0 spiro atoms. The Kier molecular flexibility index (Phi) is 5.88. The topological polar surface area (TPSA) is 24.5 Å². The van der Waals surface area contributed by atoms with Gasteiger partial charge in [0.2, 0.25) is 0 Å². The Bertz CT molecular complexity index is 285. The van der Waals surface area contributed by atoms with Gasteiger partial charge in [-0.25, -0.2) is 0 Å². The monoisotopic (exact) mass is 282 g/mol. The Morgan fingerprint density at radius 2 is 2.00 bits per heavy atom. The van der Waals surface area contributed by atoms with Gasteiger partial charge in [-0.15, -0.1) is 0 Å². The Labute approximate surface area is 125 Å². The van der Waals surface area contributed by atoms with Crippen molar-refractivity contribution in [2.45, 2.75) is 65.0 Å². The SMILES string of the molecule is CCC(C)(C)C1CCC(NC)C(N2CCCOCC2)C1. The highest BCUT2D eigenvalue weighted by Gasteiger charge is 2.39. The van der Waals surface area contributed by atoms with E-state index in [-0.39, 0.29) is 0 Å². The summed E-state index contributed by atoms with van der Waals surface area (Å²) < 4.78 is 5.64. The molecule has 0 radical (unpaired) electrons. The minimum Gasteiger partial charge on any atom is -0.380 e. The molecule has 20 heavy (non-hydrogen) atoms. The second-order valence-electron chi connectivity index (χ2n) is 7.32. The van der Waals surface area contributed by atoms with Crippen LogP contribution in [0.4, 0.5) is 0 Å². The molecule has 1 saturated heterocycles. The minimum atomic E-state index is 0.485. The fourth-order valence-corrected chi connectivity index (χ4v) is 3.98. The second kappa shape index (κ2) is 7.24. The zero-order valence-electron chi connectivity index (χ0n) is 14.0. The van der Waals surface area contributed by atoms with Crippen molar-refractivity contribution < 1.29 is 4.74 Å². The quantitative estimate of drug-likeness (QED) is 0.858. The van der Waals surface area contributed by atoms with Crippen LogP contribution < -0.4 is 5.32 Å². The van der Waals surface area contributed by atoms with E-state index in [9.17, 15) is 0 Å². The highest BCUT2D eigenvalue weighted by molar-refractivity contribution is 4.94. The smallest absolute Gasteiger partial charge is 0.0593 e. The molecule has 3 heteroatoms. The van der Waals surface area contributed by atoms with Crippen molar-refractivity contribution in [1.82, 2.24) is 10.2 Å². The molecule has 1 aliphatic heterocycles. The summed E-state index contributed by atoms with van der Waals surface area (Å²) in [4.78, 5) is 2.70. The van der Waals surface area contributed by atoms with E-state index in [4.69, 9.17) is 4.74 Å². The molecular weight excluding hydrogens is 248 g/mol. The number of likely N-dealkylation sites (N-methyl/N-ethyl adjacent to an activating group) is 1. The Hall–Kier alpha value is -0.120. The summed E-state index contributed by atoms with van der Waals surface area (Å²) in [5.74, 6) is 0.867. The molecule has 118 valence electrons. The zero-order chi connectivity index (χ0) is 14.6. The zero-order valence-corrected chi connectivity index (χ0v) is 14.0. The minimum absolute atomic E-state index is 0.485. The van der Waals surface area contributed by atoms with Crippen molar-refractivity contribution in [3.8, 4) is 0 Å². The highest BCUT2D eigenvalue weighted by Crippen LogP contribution is 2.41. The number of nitrogens with zero attached hydrogens (tertiary/aromatic N) is 1. The van der Waals surface area contributed by atoms with Crippen LogP contribution in [-0.2, 0) is 4.74 Å². The first-order chi connectivity index (χ1) is 9.58. The average molecular weight is 282 g/mol. The maximum absolute atomic E-state index is 5.64. The van der Waals surface area contributed by atoms with Crippen molar-refractivity contribution in [2.24, 2.45) is 11.3 Å². The van der Waals surface area contributed by atoms with Gasteiger partial charge in [0.25, 0.3) is 0 Å². The number of hydrogen-bond acceptors (Lipinski definition) is 3. The molecule has 0 amide bonds. The number of hydrogen-bond donors (Lipinski definition) is 1. The van der Waals surface area contributed by atoms with Crippen molar-refractivity contribution in [3.05, 3.63) is 0 Å². The van der Waals surface area contributed by atoms with Gasteiger partial charge in [0, 0.05) is 31.8 Å². The van der Waals surface area contributed by atoms with Gasteiger partial charge in [-0.1, -0.05) is 27.2 Å². The summed E-state index contributed by atoms with van der Waals surface area (Å²) in [6, 6.07) is 1.36. The van der Waals surface area contributed by atoms with E-state index in [2.05, 4.69) is 38.0 Å². The molecule has 2 rings (SSSR count). The van der Waals surface area contributed by atoms with Crippen molar-refractivity contribution >= 4 is 0 Å². The molecule has 0 aromatic carbocycles. The van der Waals surface area contributed by atoms with E-state index >= 15 is 0 Å². The van der Waals surface area contributed by atoms with Crippen LogP contribution in [-0.4, -0.2) is 50.3 Å². The predicted octanol–water partition coefficient (Wildman–Crippen LogP) is 2.90. The molecule has 1 heterocycles. The van der Waals surface area contributed by atoms with Crippen LogP contribution in [0.25, 0.3) is 0 Å². The third kappa shape index (κ3) is 3.75. The highest BCUT2D eigenvalue weighted by atomic mass is 16.5. The fraction of sp³-hybridized carbons (Fsp3) is 1.00. The predicted molar refractivity (Wildman–Crippen MR) is 85.1 cm³/mol. The lowest BCUT2D eigenvalue weighted by atomic mass is 9.67. The first-order valence-corrected chi connectivity index (χ1v) is 8.57. The summed E-state index contributed by atoms with van der Waals surface area (Å²) >= 11 is 0.